The van der Waals surface area contributed by atoms with Crippen molar-refractivity contribution in [3.05, 3.63) is 12.2 Å². The molecule has 14 heavy (non-hydrogen) atoms. The van der Waals surface area contributed by atoms with E-state index in [1.165, 1.54) is 6.08 Å². The molecular formula is C10H19NO3. The fourth-order valence-electron chi connectivity index (χ4n) is 0.692. The molecular weight excluding hydrogens is 182 g/mol. The van der Waals surface area contributed by atoms with Crippen molar-refractivity contribution in [1.82, 2.24) is 0 Å². The van der Waals surface area contributed by atoms with E-state index >= 15 is 0 Å². The first-order valence-corrected chi connectivity index (χ1v) is 4.71. The lowest BCUT2D eigenvalue weighted by atomic mass is 10.2. The highest BCUT2D eigenvalue weighted by Crippen LogP contribution is 1.94. The Morgan fingerprint density at radius 1 is 1.43 bits per heavy atom. The number of hydrogen-bond donors (Lipinski definition) is 1. The second kappa shape index (κ2) is 14.2. The van der Waals surface area contributed by atoms with Gasteiger partial charge in [0.05, 0.1) is 6.61 Å². The first kappa shape index (κ1) is 15.2. The number of nitrogens with two attached hydrogens (primary N) is 1. The highest BCUT2D eigenvalue weighted by Gasteiger charge is 1.90. The summed E-state index contributed by atoms with van der Waals surface area (Å²) < 4.78 is 4.70. The van der Waals surface area contributed by atoms with E-state index < -0.39 is 0 Å². The minimum absolute atomic E-state index is 0.233. The van der Waals surface area contributed by atoms with Crippen molar-refractivity contribution < 1.29 is 14.3 Å². The smallest absolute Gasteiger partial charge is 0.330 e. The molecule has 0 aromatic carbocycles. The van der Waals surface area contributed by atoms with Crippen LogP contribution < -0.4 is 5.73 Å². The number of hydrogen-bond acceptors (Lipinski definition) is 3. The predicted molar refractivity (Wildman–Crippen MR) is 55.5 cm³/mol. The molecule has 0 aromatic heterocycles. The minimum Gasteiger partial charge on any atom is -0.463 e. The molecule has 0 aliphatic rings. The van der Waals surface area contributed by atoms with E-state index in [4.69, 9.17) is 9.53 Å². The molecule has 0 radical (unpaired) electrons. The second-order valence-corrected chi connectivity index (χ2v) is 2.43. The van der Waals surface area contributed by atoms with Gasteiger partial charge in [0.25, 0.3) is 0 Å². The molecule has 0 aromatic rings. The van der Waals surface area contributed by atoms with Crippen LogP contribution in [0.5, 0.6) is 0 Å². The van der Waals surface area contributed by atoms with Gasteiger partial charge in [-0.2, -0.15) is 0 Å². The number of ether oxygens (including phenoxy) is 1. The molecule has 0 rings (SSSR count). The molecule has 4 nitrogen and oxygen atoms in total. The molecule has 0 aliphatic heterocycles. The number of esters is 1. The Morgan fingerprint density at radius 2 is 2.00 bits per heavy atom. The standard InChI is InChI=1S/C9H16O2.CH3NO/c1-3-5-6-7-8-9(10)11-4-2;2-1-3/h7-8H,3-6H2,1-2H3;1H,(H2,2,3). The van der Waals surface area contributed by atoms with Crippen LogP contribution in [0.25, 0.3) is 0 Å². The maximum atomic E-state index is 10.7. The van der Waals surface area contributed by atoms with Crippen molar-refractivity contribution in [3.8, 4) is 0 Å². The summed E-state index contributed by atoms with van der Waals surface area (Å²) in [7, 11) is 0. The molecule has 0 saturated heterocycles. The summed E-state index contributed by atoms with van der Waals surface area (Å²) in [6.07, 6.45) is 6.87. The lowest BCUT2D eigenvalue weighted by Crippen LogP contribution is -1.98. The topological polar surface area (TPSA) is 69.4 Å². The quantitative estimate of drug-likeness (QED) is 0.316. The molecule has 2 N–H and O–H groups in total. The summed E-state index contributed by atoms with van der Waals surface area (Å²) in [5, 5.41) is 0. The minimum atomic E-state index is -0.233. The molecule has 0 saturated carbocycles. The Balaban J connectivity index is 0. The number of allylic oxidation sites excluding steroid dienone is 1. The Hall–Kier alpha value is -1.32. The summed E-state index contributed by atoms with van der Waals surface area (Å²) >= 11 is 0. The van der Waals surface area contributed by atoms with E-state index in [0.29, 0.717) is 6.61 Å². The highest BCUT2D eigenvalue weighted by molar-refractivity contribution is 5.81. The fourth-order valence-corrected chi connectivity index (χ4v) is 0.692. The van der Waals surface area contributed by atoms with Crippen molar-refractivity contribution in [2.75, 3.05) is 6.61 Å². The average molecular weight is 201 g/mol. The highest BCUT2D eigenvalue weighted by atomic mass is 16.5. The van der Waals surface area contributed by atoms with Crippen LogP contribution in [0.15, 0.2) is 12.2 Å². The number of rotatable bonds is 5. The van der Waals surface area contributed by atoms with E-state index in [-0.39, 0.29) is 12.4 Å². The van der Waals surface area contributed by atoms with E-state index in [1.807, 2.05) is 6.08 Å². The van der Waals surface area contributed by atoms with Crippen LogP contribution in [-0.2, 0) is 14.3 Å². The Bertz CT molecular complexity index is 167. The van der Waals surface area contributed by atoms with Gasteiger partial charge in [-0.25, -0.2) is 4.79 Å². The second-order valence-electron chi connectivity index (χ2n) is 2.43. The Labute approximate surface area is 85.1 Å². The molecule has 0 heterocycles. The van der Waals surface area contributed by atoms with Crippen molar-refractivity contribution in [3.63, 3.8) is 0 Å². The van der Waals surface area contributed by atoms with Gasteiger partial charge in [0.2, 0.25) is 6.41 Å². The van der Waals surface area contributed by atoms with Crippen LogP contribution in [-0.4, -0.2) is 19.0 Å². The van der Waals surface area contributed by atoms with Crippen LogP contribution in [0.4, 0.5) is 0 Å². The van der Waals surface area contributed by atoms with Gasteiger partial charge in [0, 0.05) is 6.08 Å². The van der Waals surface area contributed by atoms with Gasteiger partial charge in [-0.3, -0.25) is 4.79 Å². The van der Waals surface area contributed by atoms with Crippen molar-refractivity contribution in [2.45, 2.75) is 33.1 Å². The summed E-state index contributed by atoms with van der Waals surface area (Å²) in [6.45, 7) is 4.38. The van der Waals surface area contributed by atoms with Crippen molar-refractivity contribution in [1.29, 1.82) is 0 Å². The van der Waals surface area contributed by atoms with Crippen LogP contribution in [0.1, 0.15) is 33.1 Å². The Kier molecular flexibility index (Phi) is 15.4. The summed E-state index contributed by atoms with van der Waals surface area (Å²) in [4.78, 5) is 19.3. The van der Waals surface area contributed by atoms with E-state index in [1.54, 1.807) is 6.92 Å². The zero-order valence-corrected chi connectivity index (χ0v) is 8.86. The average Bonchev–Trinajstić information content (AvgIpc) is 2.14. The molecule has 4 heteroatoms. The van der Waals surface area contributed by atoms with Gasteiger partial charge >= 0.3 is 5.97 Å². The van der Waals surface area contributed by atoms with Crippen LogP contribution in [0, 0.1) is 0 Å². The molecule has 82 valence electrons. The van der Waals surface area contributed by atoms with Gasteiger partial charge in [0.15, 0.2) is 0 Å². The lowest BCUT2D eigenvalue weighted by Gasteiger charge is -1.93. The maximum Gasteiger partial charge on any atom is 0.330 e. The molecule has 0 fully saturated rings. The molecule has 0 spiro atoms. The molecule has 0 atom stereocenters. The third-order valence-electron chi connectivity index (χ3n) is 1.26. The van der Waals surface area contributed by atoms with Crippen molar-refractivity contribution in [2.24, 2.45) is 5.73 Å². The summed E-state index contributed by atoms with van der Waals surface area (Å²) in [5.41, 5.74) is 4.17. The van der Waals surface area contributed by atoms with Gasteiger partial charge in [-0.1, -0.05) is 25.8 Å². The van der Waals surface area contributed by atoms with E-state index in [9.17, 15) is 4.79 Å². The summed E-state index contributed by atoms with van der Waals surface area (Å²) in [6, 6.07) is 0. The number of amides is 1. The normalized spacial score (nSPS) is 9.00. The first-order chi connectivity index (χ1) is 6.72. The first-order valence-electron chi connectivity index (χ1n) is 4.71. The zero-order chi connectivity index (χ0) is 11.2. The fraction of sp³-hybridized carbons (Fsp3) is 0.600. The number of carbonyl (C=O) groups excluding carboxylic acids is 2. The molecule has 0 aliphatic carbocycles. The Morgan fingerprint density at radius 3 is 2.43 bits per heavy atom. The van der Waals surface area contributed by atoms with Gasteiger partial charge in [-0.15, -0.1) is 0 Å². The molecule has 1 amide bonds. The van der Waals surface area contributed by atoms with Gasteiger partial charge in [0.1, 0.15) is 0 Å². The third-order valence-corrected chi connectivity index (χ3v) is 1.26. The van der Waals surface area contributed by atoms with Crippen LogP contribution >= 0.6 is 0 Å². The molecule has 0 unspecified atom stereocenters. The van der Waals surface area contributed by atoms with Crippen molar-refractivity contribution >= 4 is 12.4 Å². The number of unbranched alkanes of at least 4 members (excludes halogenated alkanes) is 2. The van der Waals surface area contributed by atoms with Crippen LogP contribution in [0.3, 0.4) is 0 Å². The molecule has 0 bridgehead atoms. The third kappa shape index (κ3) is 17.0. The SMILES string of the molecule is CCCCC=CC(=O)OCC.NC=O. The predicted octanol–water partition coefficient (Wildman–Crippen LogP) is 1.40. The zero-order valence-electron chi connectivity index (χ0n) is 8.86. The van der Waals surface area contributed by atoms with E-state index in [2.05, 4.69) is 12.7 Å². The summed E-state index contributed by atoms with van der Waals surface area (Å²) in [5.74, 6) is -0.233. The monoisotopic (exact) mass is 201 g/mol. The largest absolute Gasteiger partial charge is 0.463 e. The van der Waals surface area contributed by atoms with Gasteiger partial charge in [-0.05, 0) is 13.3 Å². The number of carbonyl (C=O) groups is 2. The maximum absolute atomic E-state index is 10.7. The number of primary amides is 1. The van der Waals surface area contributed by atoms with Crippen LogP contribution in [0.2, 0.25) is 0 Å². The van der Waals surface area contributed by atoms with Gasteiger partial charge < -0.3 is 10.5 Å². The van der Waals surface area contributed by atoms with E-state index in [0.717, 1.165) is 19.3 Å². The lowest BCUT2D eigenvalue weighted by molar-refractivity contribution is -0.137.